The largest absolute Gasteiger partial charge is 0.232 e. The summed E-state index contributed by atoms with van der Waals surface area (Å²) < 4.78 is 0. The van der Waals surface area contributed by atoms with Gasteiger partial charge < -0.3 is 0 Å². The molecule has 1 aromatic carbocycles. The Labute approximate surface area is 124 Å². The van der Waals surface area contributed by atoms with Gasteiger partial charge in [0.05, 0.1) is 8.07 Å². The lowest BCUT2D eigenvalue weighted by Crippen LogP contribution is -2.17. The Morgan fingerprint density at radius 1 is 1.20 bits per heavy atom. The number of benzene rings is 1. The Kier molecular flexibility index (Phi) is 7.52. The lowest BCUT2D eigenvalue weighted by molar-refractivity contribution is -0.315. The van der Waals surface area contributed by atoms with E-state index in [2.05, 4.69) is 50.1 Å². The Bertz CT molecular complexity index is 407. The first-order valence-electron chi connectivity index (χ1n) is 7.12. The molecule has 0 aliphatic rings. The molecule has 3 heteroatoms. The van der Waals surface area contributed by atoms with Gasteiger partial charge in [0.25, 0.3) is 0 Å². The molecule has 0 saturated carbocycles. The minimum atomic E-state index is -1.14. The van der Waals surface area contributed by atoms with Crippen molar-refractivity contribution in [1.82, 2.24) is 0 Å². The second-order valence-electron chi connectivity index (χ2n) is 5.99. The van der Waals surface area contributed by atoms with Crippen LogP contribution in [-0.2, 0) is 16.2 Å². The van der Waals surface area contributed by atoms with E-state index in [1.54, 1.807) is 0 Å². The van der Waals surface area contributed by atoms with Crippen LogP contribution in [0.3, 0.4) is 0 Å². The SMILES string of the molecule is C=CCC(Cc1ccccc1)OOC/C=C/[Si](C)(C)C. The van der Waals surface area contributed by atoms with Gasteiger partial charge in [0, 0.05) is 6.42 Å². The number of rotatable bonds is 9. The lowest BCUT2D eigenvalue weighted by Gasteiger charge is -2.15. The molecule has 0 radical (unpaired) electrons. The van der Waals surface area contributed by atoms with E-state index in [-0.39, 0.29) is 6.10 Å². The van der Waals surface area contributed by atoms with Gasteiger partial charge in [-0.05, 0) is 12.0 Å². The molecule has 0 heterocycles. The minimum absolute atomic E-state index is 0.0233. The molecule has 0 N–H and O–H groups in total. The minimum Gasteiger partial charge on any atom is -0.232 e. The molecular formula is C17H26O2Si. The second kappa shape index (κ2) is 8.90. The Balaban J connectivity index is 2.36. The van der Waals surface area contributed by atoms with Gasteiger partial charge in [0.15, 0.2) is 0 Å². The zero-order valence-electron chi connectivity index (χ0n) is 12.8. The van der Waals surface area contributed by atoms with E-state index < -0.39 is 8.07 Å². The Morgan fingerprint density at radius 3 is 2.50 bits per heavy atom. The maximum absolute atomic E-state index is 5.49. The van der Waals surface area contributed by atoms with Gasteiger partial charge in [-0.3, -0.25) is 0 Å². The van der Waals surface area contributed by atoms with Crippen molar-refractivity contribution in [3.8, 4) is 0 Å². The van der Waals surface area contributed by atoms with Crippen LogP contribution in [-0.4, -0.2) is 20.8 Å². The zero-order valence-corrected chi connectivity index (χ0v) is 13.8. The van der Waals surface area contributed by atoms with Crippen LogP contribution in [0.5, 0.6) is 0 Å². The highest BCUT2D eigenvalue weighted by Crippen LogP contribution is 2.10. The fourth-order valence-electron chi connectivity index (χ4n) is 1.80. The fourth-order valence-corrected chi connectivity index (χ4v) is 2.60. The van der Waals surface area contributed by atoms with Gasteiger partial charge in [0.1, 0.15) is 12.7 Å². The van der Waals surface area contributed by atoms with Crippen LogP contribution in [0.25, 0.3) is 0 Å². The van der Waals surface area contributed by atoms with Crippen LogP contribution >= 0.6 is 0 Å². The summed E-state index contributed by atoms with van der Waals surface area (Å²) in [5.41, 5.74) is 3.51. The molecular weight excluding hydrogens is 264 g/mol. The van der Waals surface area contributed by atoms with Gasteiger partial charge in [0.2, 0.25) is 0 Å². The summed E-state index contributed by atoms with van der Waals surface area (Å²) in [5.74, 6) is 0. The van der Waals surface area contributed by atoms with Gasteiger partial charge in [-0.1, -0.05) is 67.8 Å². The normalized spacial score (nSPS) is 13.6. The average Bonchev–Trinajstić information content (AvgIpc) is 2.38. The van der Waals surface area contributed by atoms with Crippen molar-refractivity contribution >= 4 is 8.07 Å². The van der Waals surface area contributed by atoms with Crippen molar-refractivity contribution in [2.75, 3.05) is 6.61 Å². The average molecular weight is 290 g/mol. The van der Waals surface area contributed by atoms with Crippen molar-refractivity contribution in [1.29, 1.82) is 0 Å². The van der Waals surface area contributed by atoms with Crippen LogP contribution in [0, 0.1) is 0 Å². The van der Waals surface area contributed by atoms with Crippen molar-refractivity contribution in [2.24, 2.45) is 0 Å². The summed E-state index contributed by atoms with van der Waals surface area (Å²) in [5, 5.41) is 0. The Morgan fingerprint density at radius 2 is 1.90 bits per heavy atom. The zero-order chi connectivity index (χ0) is 14.8. The summed E-state index contributed by atoms with van der Waals surface area (Å²) in [6.45, 7) is 11.2. The van der Waals surface area contributed by atoms with Crippen LogP contribution in [0.4, 0.5) is 0 Å². The van der Waals surface area contributed by atoms with Crippen molar-refractivity contribution in [3.05, 3.63) is 60.3 Å². The highest BCUT2D eigenvalue weighted by atomic mass is 28.3. The maximum atomic E-state index is 5.49. The molecule has 0 aliphatic carbocycles. The number of hydrogen-bond donors (Lipinski definition) is 0. The molecule has 1 atom stereocenters. The monoisotopic (exact) mass is 290 g/mol. The molecule has 1 unspecified atom stereocenters. The van der Waals surface area contributed by atoms with Crippen molar-refractivity contribution < 1.29 is 9.78 Å². The van der Waals surface area contributed by atoms with E-state index >= 15 is 0 Å². The molecule has 1 rings (SSSR count). The molecule has 0 spiro atoms. The topological polar surface area (TPSA) is 18.5 Å². The summed E-state index contributed by atoms with van der Waals surface area (Å²) in [7, 11) is -1.14. The summed E-state index contributed by atoms with van der Waals surface area (Å²) in [6, 6.07) is 10.3. The summed E-state index contributed by atoms with van der Waals surface area (Å²) >= 11 is 0. The van der Waals surface area contributed by atoms with Gasteiger partial charge in [-0.25, -0.2) is 9.78 Å². The van der Waals surface area contributed by atoms with E-state index in [9.17, 15) is 0 Å². The second-order valence-corrected chi connectivity index (χ2v) is 11.1. The van der Waals surface area contributed by atoms with Gasteiger partial charge in [-0.2, -0.15) is 0 Å². The third-order valence-electron chi connectivity index (χ3n) is 2.72. The molecule has 0 amide bonds. The van der Waals surface area contributed by atoms with Crippen LogP contribution < -0.4 is 0 Å². The molecule has 0 fully saturated rings. The third-order valence-corrected chi connectivity index (χ3v) is 3.96. The standard InChI is InChI=1S/C17H26O2Si/c1-5-10-17(15-16-11-7-6-8-12-16)19-18-13-9-14-20(2,3)4/h5-9,11-12,14,17H,1,10,13,15H2,2-4H3/b14-9+. The van der Waals surface area contributed by atoms with Crippen LogP contribution in [0.2, 0.25) is 19.6 Å². The molecule has 0 aliphatic heterocycles. The molecule has 2 nitrogen and oxygen atoms in total. The molecule has 1 aromatic rings. The van der Waals surface area contributed by atoms with E-state index in [0.29, 0.717) is 6.61 Å². The van der Waals surface area contributed by atoms with E-state index in [1.165, 1.54) is 5.56 Å². The predicted octanol–water partition coefficient (Wildman–Crippen LogP) is 4.56. The van der Waals surface area contributed by atoms with E-state index in [0.717, 1.165) is 12.8 Å². The summed E-state index contributed by atoms with van der Waals surface area (Å²) in [4.78, 5) is 10.8. The first-order valence-corrected chi connectivity index (χ1v) is 10.7. The molecule has 0 saturated heterocycles. The predicted molar refractivity (Wildman–Crippen MR) is 88.3 cm³/mol. The molecule has 0 bridgehead atoms. The fraction of sp³-hybridized carbons (Fsp3) is 0.412. The number of hydrogen-bond acceptors (Lipinski definition) is 2. The first kappa shape index (κ1) is 16.9. The smallest absolute Gasteiger partial charge is 0.100 e. The summed E-state index contributed by atoms with van der Waals surface area (Å²) in [6.07, 6.45) is 5.57. The van der Waals surface area contributed by atoms with Crippen molar-refractivity contribution in [2.45, 2.75) is 38.6 Å². The lowest BCUT2D eigenvalue weighted by atomic mass is 10.1. The molecule has 0 aromatic heterocycles. The van der Waals surface area contributed by atoms with E-state index in [4.69, 9.17) is 9.78 Å². The van der Waals surface area contributed by atoms with Gasteiger partial charge >= 0.3 is 0 Å². The highest BCUT2D eigenvalue weighted by molar-refractivity contribution is 6.80. The third kappa shape index (κ3) is 8.10. The Hall–Kier alpha value is -1.16. The highest BCUT2D eigenvalue weighted by Gasteiger charge is 2.10. The molecule has 110 valence electrons. The first-order chi connectivity index (χ1) is 9.51. The molecule has 20 heavy (non-hydrogen) atoms. The van der Waals surface area contributed by atoms with E-state index in [1.807, 2.05) is 24.3 Å². The van der Waals surface area contributed by atoms with Crippen LogP contribution in [0.15, 0.2) is 54.8 Å². The van der Waals surface area contributed by atoms with Crippen LogP contribution in [0.1, 0.15) is 12.0 Å². The maximum Gasteiger partial charge on any atom is 0.100 e. The quantitative estimate of drug-likeness (QED) is 0.218. The van der Waals surface area contributed by atoms with Gasteiger partial charge in [-0.15, -0.1) is 6.58 Å². The van der Waals surface area contributed by atoms with Crippen molar-refractivity contribution in [3.63, 3.8) is 0 Å².